The van der Waals surface area contributed by atoms with Crippen LogP contribution in [0.15, 0.2) is 47.1 Å². The van der Waals surface area contributed by atoms with Gasteiger partial charge in [-0.05, 0) is 37.3 Å². The molecule has 1 saturated heterocycles. The van der Waals surface area contributed by atoms with E-state index in [0.29, 0.717) is 13.2 Å². The van der Waals surface area contributed by atoms with Gasteiger partial charge in [-0.25, -0.2) is 0 Å². The third kappa shape index (κ3) is 2.35. The molecule has 2 aromatic heterocycles. The number of rotatable bonds is 2. The predicted octanol–water partition coefficient (Wildman–Crippen LogP) is 3.42. The molecule has 0 bridgehead atoms. The molecule has 2 unspecified atom stereocenters. The van der Waals surface area contributed by atoms with Crippen molar-refractivity contribution in [2.45, 2.75) is 38.6 Å². The van der Waals surface area contributed by atoms with Crippen molar-refractivity contribution in [3.05, 3.63) is 70.0 Å². The quantitative estimate of drug-likeness (QED) is 0.629. The van der Waals surface area contributed by atoms with Gasteiger partial charge in [0, 0.05) is 28.7 Å². The zero-order chi connectivity index (χ0) is 18.6. The smallest absolute Gasteiger partial charge is 0.193 e. The molecule has 0 saturated carbocycles. The van der Waals surface area contributed by atoms with E-state index in [-0.39, 0.29) is 6.04 Å². The molecular weight excluding hydrogens is 406 g/mol. The molecule has 1 fully saturated rings. The summed E-state index contributed by atoms with van der Waals surface area (Å²) in [6.07, 6.45) is 2.64. The molecule has 0 radical (unpaired) electrons. The summed E-state index contributed by atoms with van der Waals surface area (Å²) in [7, 11) is 0. The van der Waals surface area contributed by atoms with Crippen LogP contribution in [0.2, 0.25) is 0 Å². The van der Waals surface area contributed by atoms with Crippen LogP contribution < -0.4 is 0 Å². The highest BCUT2D eigenvalue weighted by Crippen LogP contribution is 2.47. The lowest BCUT2D eigenvalue weighted by Crippen LogP contribution is -2.45. The van der Waals surface area contributed by atoms with Crippen LogP contribution in [0, 0.1) is 0 Å². The molecule has 0 amide bonds. The van der Waals surface area contributed by atoms with Crippen LogP contribution in [-0.4, -0.2) is 37.3 Å². The number of hydrogen-bond donors (Lipinski definition) is 0. The number of hydrogen-bond acceptors (Lipinski definition) is 5. The van der Waals surface area contributed by atoms with Crippen LogP contribution in [0.5, 0.6) is 0 Å². The minimum Gasteiger partial charge on any atom is -0.348 e. The van der Waals surface area contributed by atoms with Gasteiger partial charge in [-0.15, -0.1) is 10.2 Å². The Morgan fingerprint density at radius 2 is 2.15 bits per heavy atom. The molecule has 6 nitrogen and oxygen atoms in total. The van der Waals surface area contributed by atoms with Crippen LogP contribution in [0.25, 0.3) is 5.69 Å². The summed E-state index contributed by atoms with van der Waals surface area (Å²) < 4.78 is 9.75. The van der Waals surface area contributed by atoms with Crippen molar-refractivity contribution in [2.24, 2.45) is 0 Å². The highest BCUT2D eigenvalue weighted by molar-refractivity contribution is 9.10. The van der Waals surface area contributed by atoms with Gasteiger partial charge in [-0.1, -0.05) is 28.9 Å². The number of fused-ring (bicyclic) bond motifs is 5. The van der Waals surface area contributed by atoms with Gasteiger partial charge in [0.05, 0.1) is 24.5 Å². The first kappa shape index (κ1) is 17.0. The SMILES string of the molecule is CCc1nnc2n1-c1ccc(Br)cc1C1(c3ccccn3)OCC(C)N1C2. The normalized spacial score (nSPS) is 24.2. The van der Waals surface area contributed by atoms with Gasteiger partial charge >= 0.3 is 0 Å². The summed E-state index contributed by atoms with van der Waals surface area (Å²) >= 11 is 3.66. The van der Waals surface area contributed by atoms with E-state index in [2.05, 4.69) is 67.6 Å². The molecule has 138 valence electrons. The molecule has 0 spiro atoms. The maximum atomic E-state index is 6.56. The van der Waals surface area contributed by atoms with E-state index < -0.39 is 5.72 Å². The van der Waals surface area contributed by atoms with E-state index in [4.69, 9.17) is 9.72 Å². The van der Waals surface area contributed by atoms with Crippen molar-refractivity contribution < 1.29 is 4.74 Å². The van der Waals surface area contributed by atoms with Gasteiger partial charge in [0.2, 0.25) is 0 Å². The summed E-state index contributed by atoms with van der Waals surface area (Å²) in [6, 6.07) is 12.5. The zero-order valence-electron chi connectivity index (χ0n) is 15.3. The lowest BCUT2D eigenvalue weighted by molar-refractivity contribution is -0.0619. The molecule has 0 N–H and O–H groups in total. The third-order valence-electron chi connectivity index (χ3n) is 5.47. The Labute approximate surface area is 166 Å². The van der Waals surface area contributed by atoms with E-state index in [1.54, 1.807) is 0 Å². The van der Waals surface area contributed by atoms with Crippen molar-refractivity contribution in [1.82, 2.24) is 24.6 Å². The van der Waals surface area contributed by atoms with Gasteiger partial charge in [-0.3, -0.25) is 14.5 Å². The van der Waals surface area contributed by atoms with Gasteiger partial charge in [0.25, 0.3) is 0 Å². The number of nitrogens with zero attached hydrogens (tertiary/aromatic N) is 5. The van der Waals surface area contributed by atoms with E-state index in [1.165, 1.54) is 0 Å². The summed E-state index contributed by atoms with van der Waals surface area (Å²) in [4.78, 5) is 7.06. The maximum absolute atomic E-state index is 6.56. The summed E-state index contributed by atoms with van der Waals surface area (Å²) in [5.41, 5.74) is 2.27. The average molecular weight is 426 g/mol. The second-order valence-corrected chi connectivity index (χ2v) is 7.95. The van der Waals surface area contributed by atoms with Crippen LogP contribution in [0.4, 0.5) is 0 Å². The van der Waals surface area contributed by atoms with Gasteiger partial charge in [0.15, 0.2) is 11.5 Å². The molecular formula is C20H20BrN5O. The second kappa shape index (κ2) is 6.22. The van der Waals surface area contributed by atoms with E-state index in [9.17, 15) is 0 Å². The van der Waals surface area contributed by atoms with Crippen LogP contribution in [0.1, 0.15) is 36.8 Å². The number of aromatic nitrogens is 4. The van der Waals surface area contributed by atoms with Crippen LogP contribution >= 0.6 is 15.9 Å². The van der Waals surface area contributed by atoms with Crippen molar-refractivity contribution in [3.63, 3.8) is 0 Å². The topological polar surface area (TPSA) is 56.1 Å². The monoisotopic (exact) mass is 425 g/mol. The Hall–Kier alpha value is -2.09. The Morgan fingerprint density at radius 1 is 1.26 bits per heavy atom. The molecule has 1 aromatic carbocycles. The molecule has 2 aliphatic rings. The molecule has 4 heterocycles. The molecule has 2 atom stereocenters. The second-order valence-electron chi connectivity index (χ2n) is 7.03. The van der Waals surface area contributed by atoms with Gasteiger partial charge < -0.3 is 4.74 Å². The van der Waals surface area contributed by atoms with E-state index in [0.717, 1.165) is 39.5 Å². The maximum Gasteiger partial charge on any atom is 0.193 e. The standard InChI is InChI=1S/C20H20BrN5O/c1-3-18-23-24-19-11-25-13(2)12-27-20(25,17-6-4-5-9-22-17)15-10-14(21)7-8-16(15)26(18)19/h4-10,13H,3,11-12H2,1-2H3. The first-order valence-electron chi connectivity index (χ1n) is 9.21. The van der Waals surface area contributed by atoms with Crippen molar-refractivity contribution >= 4 is 15.9 Å². The molecule has 27 heavy (non-hydrogen) atoms. The van der Waals surface area contributed by atoms with Crippen LogP contribution in [-0.2, 0) is 23.4 Å². The Balaban J connectivity index is 1.87. The number of aryl methyl sites for hydroxylation is 1. The fourth-order valence-corrected chi connectivity index (χ4v) is 4.60. The largest absolute Gasteiger partial charge is 0.348 e. The van der Waals surface area contributed by atoms with E-state index >= 15 is 0 Å². The zero-order valence-corrected chi connectivity index (χ0v) is 16.8. The van der Waals surface area contributed by atoms with Crippen molar-refractivity contribution in [2.75, 3.05) is 6.61 Å². The van der Waals surface area contributed by atoms with Gasteiger partial charge in [-0.2, -0.15) is 0 Å². The average Bonchev–Trinajstić information content (AvgIpc) is 3.22. The van der Waals surface area contributed by atoms with E-state index in [1.807, 2.05) is 24.4 Å². The first-order valence-corrected chi connectivity index (χ1v) is 10.00. The first-order chi connectivity index (χ1) is 13.1. The third-order valence-corrected chi connectivity index (χ3v) is 5.96. The van der Waals surface area contributed by atoms with Crippen LogP contribution in [0.3, 0.4) is 0 Å². The number of halogens is 1. The lowest BCUT2D eigenvalue weighted by atomic mass is 9.95. The summed E-state index contributed by atoms with van der Waals surface area (Å²) in [5, 5.41) is 8.94. The minimum atomic E-state index is -0.745. The summed E-state index contributed by atoms with van der Waals surface area (Å²) in [5.74, 6) is 1.89. The number of benzene rings is 1. The fraction of sp³-hybridized carbons (Fsp3) is 0.350. The highest BCUT2D eigenvalue weighted by Gasteiger charge is 2.53. The molecule has 2 aliphatic heterocycles. The number of pyridine rings is 1. The molecule has 7 heteroatoms. The Morgan fingerprint density at radius 3 is 2.93 bits per heavy atom. The predicted molar refractivity (Wildman–Crippen MR) is 104 cm³/mol. The Bertz CT molecular complexity index is 1000. The van der Waals surface area contributed by atoms with Gasteiger partial charge in [0.1, 0.15) is 5.82 Å². The minimum absolute atomic E-state index is 0.229. The number of ether oxygens (including phenoxy) is 1. The Kier molecular flexibility index (Phi) is 3.93. The van der Waals surface area contributed by atoms with Crippen molar-refractivity contribution in [1.29, 1.82) is 0 Å². The fourth-order valence-electron chi connectivity index (χ4n) is 4.24. The molecule has 5 rings (SSSR count). The molecule has 3 aromatic rings. The molecule has 0 aliphatic carbocycles. The lowest BCUT2D eigenvalue weighted by Gasteiger charge is -2.37. The van der Waals surface area contributed by atoms with Crippen molar-refractivity contribution in [3.8, 4) is 5.69 Å². The highest BCUT2D eigenvalue weighted by atomic mass is 79.9. The summed E-state index contributed by atoms with van der Waals surface area (Å²) in [6.45, 7) is 5.58.